The Morgan fingerprint density at radius 2 is 2.00 bits per heavy atom. The first-order valence-electron chi connectivity index (χ1n) is 5.48. The highest BCUT2D eigenvalue weighted by molar-refractivity contribution is 5.68. The molecule has 1 atom stereocenters. The molecule has 0 aliphatic heterocycles. The van der Waals surface area contributed by atoms with E-state index in [1.165, 1.54) is 11.1 Å². The molecule has 0 saturated heterocycles. The molecular weight excluding hydrogens is 188 g/mol. The number of aliphatic carboxylic acids is 1. The Labute approximate surface area is 90.9 Å². The highest BCUT2D eigenvalue weighted by Gasteiger charge is 2.15. The Morgan fingerprint density at radius 3 is 2.53 bits per heavy atom. The van der Waals surface area contributed by atoms with Crippen LogP contribution in [0.2, 0.25) is 0 Å². The molecule has 0 aromatic heterocycles. The van der Waals surface area contributed by atoms with Crippen LogP contribution in [-0.2, 0) is 11.2 Å². The summed E-state index contributed by atoms with van der Waals surface area (Å²) in [4.78, 5) is 10.7. The van der Waals surface area contributed by atoms with Crippen LogP contribution < -0.4 is 0 Å². The van der Waals surface area contributed by atoms with Gasteiger partial charge in [0.05, 0.1) is 6.42 Å². The molecule has 0 bridgehead atoms. The molecule has 2 nitrogen and oxygen atoms in total. The zero-order valence-corrected chi connectivity index (χ0v) is 9.36. The average Bonchev–Trinajstić information content (AvgIpc) is 2.25. The lowest BCUT2D eigenvalue weighted by atomic mass is 9.89. The smallest absolute Gasteiger partial charge is 0.303 e. The van der Waals surface area contributed by atoms with Crippen molar-refractivity contribution in [3.05, 3.63) is 35.4 Å². The van der Waals surface area contributed by atoms with Crippen molar-refractivity contribution < 1.29 is 9.90 Å². The number of rotatable bonds is 5. The third-order valence-electron chi connectivity index (χ3n) is 2.79. The van der Waals surface area contributed by atoms with E-state index in [-0.39, 0.29) is 12.3 Å². The predicted molar refractivity (Wildman–Crippen MR) is 61.1 cm³/mol. The lowest BCUT2D eigenvalue weighted by molar-refractivity contribution is -0.137. The van der Waals surface area contributed by atoms with Crippen molar-refractivity contribution in [3.63, 3.8) is 0 Å². The second kappa shape index (κ2) is 5.54. The SMILES string of the molecule is CCc1ccccc1C(CC)CC(=O)O. The largest absolute Gasteiger partial charge is 0.481 e. The second-order valence-corrected chi connectivity index (χ2v) is 3.76. The number of carboxylic acids is 1. The standard InChI is InChI=1S/C13H18O2/c1-3-10-7-5-6-8-12(10)11(4-2)9-13(14)15/h5-8,11H,3-4,9H2,1-2H3,(H,14,15). The van der Waals surface area contributed by atoms with Gasteiger partial charge in [-0.3, -0.25) is 4.79 Å². The molecule has 0 spiro atoms. The van der Waals surface area contributed by atoms with E-state index in [9.17, 15) is 4.79 Å². The second-order valence-electron chi connectivity index (χ2n) is 3.76. The predicted octanol–water partition coefficient (Wildman–Crippen LogP) is 3.22. The number of benzene rings is 1. The highest BCUT2D eigenvalue weighted by atomic mass is 16.4. The van der Waals surface area contributed by atoms with Gasteiger partial charge in [-0.2, -0.15) is 0 Å². The van der Waals surface area contributed by atoms with Gasteiger partial charge in [-0.1, -0.05) is 38.1 Å². The van der Waals surface area contributed by atoms with E-state index in [4.69, 9.17) is 5.11 Å². The first-order chi connectivity index (χ1) is 7.19. The Bertz CT molecular complexity index is 331. The monoisotopic (exact) mass is 206 g/mol. The van der Waals surface area contributed by atoms with Gasteiger partial charge in [0, 0.05) is 0 Å². The quantitative estimate of drug-likeness (QED) is 0.803. The van der Waals surface area contributed by atoms with E-state index in [1.54, 1.807) is 0 Å². The first kappa shape index (κ1) is 11.8. The van der Waals surface area contributed by atoms with Crippen LogP contribution in [0.15, 0.2) is 24.3 Å². The summed E-state index contributed by atoms with van der Waals surface area (Å²) in [6, 6.07) is 8.13. The van der Waals surface area contributed by atoms with Gasteiger partial charge < -0.3 is 5.11 Å². The zero-order valence-electron chi connectivity index (χ0n) is 9.36. The zero-order chi connectivity index (χ0) is 11.3. The minimum absolute atomic E-state index is 0.152. The van der Waals surface area contributed by atoms with E-state index in [1.807, 2.05) is 19.1 Å². The van der Waals surface area contributed by atoms with E-state index < -0.39 is 5.97 Å². The maximum Gasteiger partial charge on any atom is 0.303 e. The molecule has 0 amide bonds. The van der Waals surface area contributed by atoms with E-state index in [0.29, 0.717) is 0 Å². The van der Waals surface area contributed by atoms with Gasteiger partial charge in [0.15, 0.2) is 0 Å². The summed E-state index contributed by atoms with van der Waals surface area (Å²) in [5.74, 6) is -0.564. The molecule has 0 saturated carbocycles. The molecule has 0 radical (unpaired) electrons. The van der Waals surface area contributed by atoms with Crippen LogP contribution in [0, 0.1) is 0 Å². The molecule has 15 heavy (non-hydrogen) atoms. The minimum Gasteiger partial charge on any atom is -0.481 e. The number of hydrogen-bond donors (Lipinski definition) is 1. The van der Waals surface area contributed by atoms with Gasteiger partial charge in [0.25, 0.3) is 0 Å². The van der Waals surface area contributed by atoms with Crippen LogP contribution in [0.25, 0.3) is 0 Å². The van der Waals surface area contributed by atoms with Crippen LogP contribution in [0.4, 0.5) is 0 Å². The molecular formula is C13H18O2. The molecule has 1 unspecified atom stereocenters. The number of aryl methyl sites for hydroxylation is 1. The molecule has 0 fully saturated rings. The fourth-order valence-corrected chi connectivity index (χ4v) is 1.94. The van der Waals surface area contributed by atoms with Crippen LogP contribution in [0.5, 0.6) is 0 Å². The summed E-state index contributed by atoms with van der Waals surface area (Å²) >= 11 is 0. The fourth-order valence-electron chi connectivity index (χ4n) is 1.94. The molecule has 0 aliphatic carbocycles. The van der Waals surface area contributed by atoms with Gasteiger partial charge >= 0.3 is 5.97 Å². The molecule has 1 aromatic carbocycles. The van der Waals surface area contributed by atoms with Crippen molar-refractivity contribution in [3.8, 4) is 0 Å². The maximum absolute atomic E-state index is 10.7. The minimum atomic E-state index is -0.715. The Kier molecular flexibility index (Phi) is 4.35. The molecule has 2 heteroatoms. The van der Waals surface area contributed by atoms with Gasteiger partial charge in [-0.25, -0.2) is 0 Å². The molecule has 1 rings (SSSR count). The normalized spacial score (nSPS) is 12.4. The number of hydrogen-bond acceptors (Lipinski definition) is 1. The van der Waals surface area contributed by atoms with E-state index in [0.717, 1.165) is 12.8 Å². The van der Waals surface area contributed by atoms with E-state index in [2.05, 4.69) is 19.1 Å². The van der Waals surface area contributed by atoms with Crippen LogP contribution in [0.1, 0.15) is 43.7 Å². The Balaban J connectivity index is 2.95. The molecule has 0 heterocycles. The van der Waals surface area contributed by atoms with Gasteiger partial charge in [-0.15, -0.1) is 0 Å². The summed E-state index contributed by atoms with van der Waals surface area (Å²) in [5.41, 5.74) is 2.47. The Morgan fingerprint density at radius 1 is 1.33 bits per heavy atom. The number of carboxylic acid groups (broad SMARTS) is 1. The topological polar surface area (TPSA) is 37.3 Å². The Hall–Kier alpha value is -1.31. The van der Waals surface area contributed by atoms with E-state index >= 15 is 0 Å². The molecule has 1 aromatic rings. The van der Waals surface area contributed by atoms with Crippen molar-refractivity contribution in [1.29, 1.82) is 0 Å². The average molecular weight is 206 g/mol. The van der Waals surface area contributed by atoms with Crippen molar-refractivity contribution in [2.75, 3.05) is 0 Å². The van der Waals surface area contributed by atoms with Crippen molar-refractivity contribution in [1.82, 2.24) is 0 Å². The molecule has 82 valence electrons. The summed E-state index contributed by atoms with van der Waals surface area (Å²) in [6.07, 6.45) is 2.07. The highest BCUT2D eigenvalue weighted by Crippen LogP contribution is 2.26. The van der Waals surface area contributed by atoms with Crippen LogP contribution in [-0.4, -0.2) is 11.1 Å². The summed E-state index contributed by atoms with van der Waals surface area (Å²) in [7, 11) is 0. The van der Waals surface area contributed by atoms with Crippen LogP contribution in [0.3, 0.4) is 0 Å². The lowest BCUT2D eigenvalue weighted by Gasteiger charge is -2.16. The van der Waals surface area contributed by atoms with Gasteiger partial charge in [-0.05, 0) is 29.9 Å². The summed E-state index contributed by atoms with van der Waals surface area (Å²) in [5, 5.41) is 8.84. The lowest BCUT2D eigenvalue weighted by Crippen LogP contribution is -2.07. The van der Waals surface area contributed by atoms with Crippen LogP contribution >= 0.6 is 0 Å². The maximum atomic E-state index is 10.7. The molecule has 1 N–H and O–H groups in total. The number of carbonyl (C=O) groups is 1. The summed E-state index contributed by atoms with van der Waals surface area (Å²) in [6.45, 7) is 4.15. The molecule has 0 aliphatic rings. The third-order valence-corrected chi connectivity index (χ3v) is 2.79. The van der Waals surface area contributed by atoms with Crippen molar-refractivity contribution in [2.45, 2.75) is 39.0 Å². The van der Waals surface area contributed by atoms with Crippen molar-refractivity contribution >= 4 is 5.97 Å². The van der Waals surface area contributed by atoms with Gasteiger partial charge in [0.2, 0.25) is 0 Å². The third kappa shape index (κ3) is 3.08. The summed E-state index contributed by atoms with van der Waals surface area (Å²) < 4.78 is 0. The van der Waals surface area contributed by atoms with Crippen molar-refractivity contribution in [2.24, 2.45) is 0 Å². The first-order valence-corrected chi connectivity index (χ1v) is 5.48. The fraction of sp³-hybridized carbons (Fsp3) is 0.462. The van der Waals surface area contributed by atoms with Gasteiger partial charge in [0.1, 0.15) is 0 Å².